The highest BCUT2D eigenvalue weighted by Crippen LogP contribution is 2.39. The number of phenols is 1. The molecule has 1 aliphatic rings. The molecule has 0 fully saturated rings. The third-order valence-corrected chi connectivity index (χ3v) is 6.40. The maximum Gasteiger partial charge on any atom is 0.340 e. The van der Waals surface area contributed by atoms with Crippen molar-refractivity contribution in [1.29, 1.82) is 0 Å². The highest BCUT2D eigenvalue weighted by atomic mass is 35.5. The lowest BCUT2D eigenvalue weighted by atomic mass is 10.1. The minimum Gasteiger partial charge on any atom is -0.506 e. The molecule has 0 spiro atoms. The van der Waals surface area contributed by atoms with E-state index in [1.807, 2.05) is 6.92 Å². The number of carbonyl (C=O) groups is 3. The van der Waals surface area contributed by atoms with E-state index in [1.165, 1.54) is 30.3 Å². The largest absolute Gasteiger partial charge is 0.506 e. The number of halogens is 1. The van der Waals surface area contributed by atoms with E-state index in [2.05, 4.69) is 15.3 Å². The van der Waals surface area contributed by atoms with Crippen LogP contribution in [0.25, 0.3) is 0 Å². The molecule has 37 heavy (non-hydrogen) atoms. The number of rotatable bonds is 8. The van der Waals surface area contributed by atoms with Crippen molar-refractivity contribution in [2.24, 2.45) is 0 Å². The number of amides is 2. The number of aromatic hydroxyl groups is 1. The molecule has 0 unspecified atom stereocenters. The molecule has 0 bridgehead atoms. The molecule has 4 rings (SSSR count). The number of hydrogen-bond acceptors (Lipinski definition) is 9. The summed E-state index contributed by atoms with van der Waals surface area (Å²) in [6.07, 6.45) is 0.616. The van der Waals surface area contributed by atoms with E-state index < -0.39 is 17.8 Å². The number of anilines is 2. The van der Waals surface area contributed by atoms with Crippen molar-refractivity contribution >= 4 is 52.5 Å². The monoisotopic (exact) mass is 538 g/mol. The number of nitrogens with zero attached hydrogens (tertiary/aromatic N) is 3. The van der Waals surface area contributed by atoms with Gasteiger partial charge in [-0.3, -0.25) is 9.59 Å². The predicted octanol–water partition coefficient (Wildman–Crippen LogP) is 5.01. The lowest BCUT2D eigenvalue weighted by Crippen LogP contribution is -2.33. The SMILES string of the molecule is CCCOC(=O)c1ccccc1N1C(=O)C(Nc2cc(Cl)ccc2O)=C(Sc2nc(C)cc(C)n2)C1=O. The minimum absolute atomic E-state index is 0.00824. The fourth-order valence-electron chi connectivity index (χ4n) is 3.62. The van der Waals surface area contributed by atoms with Gasteiger partial charge in [-0.2, -0.15) is 0 Å². The van der Waals surface area contributed by atoms with Crippen molar-refractivity contribution in [2.45, 2.75) is 32.3 Å². The Balaban J connectivity index is 1.80. The maximum absolute atomic E-state index is 13.7. The van der Waals surface area contributed by atoms with E-state index in [1.54, 1.807) is 32.0 Å². The highest BCUT2D eigenvalue weighted by molar-refractivity contribution is 8.04. The van der Waals surface area contributed by atoms with Crippen LogP contribution in [0.15, 0.2) is 64.3 Å². The van der Waals surface area contributed by atoms with Crippen molar-refractivity contribution < 1.29 is 24.2 Å². The van der Waals surface area contributed by atoms with Crippen LogP contribution < -0.4 is 10.2 Å². The van der Waals surface area contributed by atoms with E-state index >= 15 is 0 Å². The first-order valence-corrected chi connectivity index (χ1v) is 12.5. The molecule has 2 amide bonds. The summed E-state index contributed by atoms with van der Waals surface area (Å²) in [7, 11) is 0. The third-order valence-electron chi connectivity index (χ3n) is 5.22. The Morgan fingerprint density at radius 1 is 1.08 bits per heavy atom. The molecule has 2 aromatic carbocycles. The Morgan fingerprint density at radius 3 is 2.49 bits per heavy atom. The molecular weight excluding hydrogens is 516 g/mol. The summed E-state index contributed by atoms with van der Waals surface area (Å²) >= 11 is 6.99. The van der Waals surface area contributed by atoms with E-state index in [0.717, 1.165) is 16.7 Å². The molecule has 2 N–H and O–H groups in total. The van der Waals surface area contributed by atoms with Gasteiger partial charge in [-0.25, -0.2) is 19.7 Å². The average Bonchev–Trinajstić information content (AvgIpc) is 3.08. The minimum atomic E-state index is -0.730. The maximum atomic E-state index is 13.7. The number of imide groups is 1. The van der Waals surface area contributed by atoms with Crippen LogP contribution in [0.3, 0.4) is 0 Å². The number of hydrogen-bond donors (Lipinski definition) is 2. The van der Waals surface area contributed by atoms with E-state index in [0.29, 0.717) is 22.8 Å². The van der Waals surface area contributed by atoms with Crippen molar-refractivity contribution in [3.8, 4) is 5.75 Å². The summed E-state index contributed by atoms with van der Waals surface area (Å²) in [4.78, 5) is 49.8. The lowest BCUT2D eigenvalue weighted by Gasteiger charge is -2.18. The Labute approximate surface area is 222 Å². The second kappa shape index (κ2) is 11.0. The summed E-state index contributed by atoms with van der Waals surface area (Å²) in [6, 6.07) is 12.3. The number of nitrogens with one attached hydrogen (secondary N) is 1. The molecule has 190 valence electrons. The van der Waals surface area contributed by atoms with Crippen LogP contribution in [0.1, 0.15) is 35.1 Å². The normalized spacial score (nSPS) is 13.4. The number of phenolic OH excluding ortho intramolecular Hbond substituents is 1. The van der Waals surface area contributed by atoms with Crippen LogP contribution in [0.5, 0.6) is 5.75 Å². The number of benzene rings is 2. The first-order chi connectivity index (χ1) is 17.7. The van der Waals surface area contributed by atoms with Crippen LogP contribution in [0.4, 0.5) is 11.4 Å². The third kappa shape index (κ3) is 5.60. The Bertz CT molecular complexity index is 1420. The Hall–Kier alpha value is -3.89. The number of esters is 1. The molecule has 11 heteroatoms. The van der Waals surface area contributed by atoms with Crippen molar-refractivity contribution in [3.63, 3.8) is 0 Å². The second-order valence-electron chi connectivity index (χ2n) is 8.12. The summed E-state index contributed by atoms with van der Waals surface area (Å²) in [5.74, 6) is -2.24. The van der Waals surface area contributed by atoms with Gasteiger partial charge in [0.25, 0.3) is 11.8 Å². The van der Waals surface area contributed by atoms with Gasteiger partial charge in [0.2, 0.25) is 0 Å². The number of thioether (sulfide) groups is 1. The number of carbonyl (C=O) groups excluding carboxylic acids is 3. The fourth-order valence-corrected chi connectivity index (χ4v) is 4.77. The van der Waals surface area contributed by atoms with Gasteiger partial charge in [0.1, 0.15) is 16.4 Å². The number of aryl methyl sites for hydroxylation is 2. The van der Waals surface area contributed by atoms with E-state index in [-0.39, 0.29) is 45.1 Å². The summed E-state index contributed by atoms with van der Waals surface area (Å²) in [5, 5.41) is 13.8. The topological polar surface area (TPSA) is 122 Å². The first-order valence-electron chi connectivity index (χ1n) is 11.3. The van der Waals surface area contributed by atoms with E-state index in [4.69, 9.17) is 16.3 Å². The van der Waals surface area contributed by atoms with Crippen LogP contribution in [0.2, 0.25) is 5.02 Å². The van der Waals surface area contributed by atoms with Gasteiger partial charge in [-0.1, -0.05) is 30.7 Å². The zero-order chi connectivity index (χ0) is 26.7. The summed E-state index contributed by atoms with van der Waals surface area (Å²) in [5.41, 5.74) is 1.53. The molecule has 0 aliphatic carbocycles. The molecular formula is C26H23ClN4O5S. The van der Waals surface area contributed by atoms with Crippen LogP contribution in [-0.4, -0.2) is 39.5 Å². The van der Waals surface area contributed by atoms with Gasteiger partial charge in [-0.05, 0) is 68.4 Å². The number of para-hydroxylation sites is 1. The van der Waals surface area contributed by atoms with Crippen LogP contribution in [-0.2, 0) is 14.3 Å². The molecule has 2 heterocycles. The quantitative estimate of drug-likeness (QED) is 0.176. The zero-order valence-corrected chi connectivity index (χ0v) is 21.8. The standard InChI is InChI=1S/C26H23ClN4O5S/c1-4-11-36-25(35)17-7-5-6-8-19(17)31-23(33)21(30-18-13-16(27)9-10-20(18)32)22(24(31)34)37-26-28-14(2)12-15(3)29-26/h5-10,12-13,30,32H,4,11H2,1-3H3. The molecule has 0 atom stereocenters. The zero-order valence-electron chi connectivity index (χ0n) is 20.2. The molecule has 0 saturated carbocycles. The lowest BCUT2D eigenvalue weighted by molar-refractivity contribution is -0.120. The predicted molar refractivity (Wildman–Crippen MR) is 141 cm³/mol. The first kappa shape index (κ1) is 26.2. The van der Waals surface area contributed by atoms with Crippen molar-refractivity contribution in [3.05, 3.63) is 81.1 Å². The molecule has 9 nitrogen and oxygen atoms in total. The number of aromatic nitrogens is 2. The fraction of sp³-hybridized carbons (Fsp3) is 0.192. The van der Waals surface area contributed by atoms with Gasteiger partial charge < -0.3 is 15.2 Å². The van der Waals surface area contributed by atoms with Crippen LogP contribution >= 0.6 is 23.4 Å². The van der Waals surface area contributed by atoms with Gasteiger partial charge >= 0.3 is 5.97 Å². The molecule has 1 aliphatic heterocycles. The summed E-state index contributed by atoms with van der Waals surface area (Å²) in [6.45, 7) is 5.64. The summed E-state index contributed by atoms with van der Waals surface area (Å²) < 4.78 is 5.26. The highest BCUT2D eigenvalue weighted by Gasteiger charge is 2.42. The van der Waals surface area contributed by atoms with Gasteiger partial charge in [0.05, 0.1) is 23.5 Å². The van der Waals surface area contributed by atoms with Gasteiger partial charge in [0.15, 0.2) is 5.16 Å². The second-order valence-corrected chi connectivity index (χ2v) is 9.54. The number of ether oxygens (including phenoxy) is 1. The van der Waals surface area contributed by atoms with Gasteiger partial charge in [0, 0.05) is 16.4 Å². The molecule has 0 radical (unpaired) electrons. The van der Waals surface area contributed by atoms with Crippen molar-refractivity contribution in [1.82, 2.24) is 9.97 Å². The van der Waals surface area contributed by atoms with Gasteiger partial charge in [-0.15, -0.1) is 0 Å². The molecule has 3 aromatic rings. The average molecular weight is 539 g/mol. The van der Waals surface area contributed by atoms with Crippen molar-refractivity contribution in [2.75, 3.05) is 16.8 Å². The smallest absolute Gasteiger partial charge is 0.340 e. The molecule has 0 saturated heterocycles. The Morgan fingerprint density at radius 2 is 1.78 bits per heavy atom. The van der Waals surface area contributed by atoms with E-state index in [9.17, 15) is 19.5 Å². The Kier molecular flexibility index (Phi) is 7.80. The van der Waals surface area contributed by atoms with Crippen LogP contribution in [0, 0.1) is 13.8 Å². The molecule has 1 aromatic heterocycles.